The molecule has 0 heterocycles. The molecule has 1 N–H and O–H groups in total. The molecule has 14 heavy (non-hydrogen) atoms. The second kappa shape index (κ2) is 4.62. The summed E-state index contributed by atoms with van der Waals surface area (Å²) in [5.74, 6) is -0.821. The van der Waals surface area contributed by atoms with Gasteiger partial charge in [0.1, 0.15) is 0 Å². The van der Waals surface area contributed by atoms with Crippen LogP contribution >= 0.6 is 12.4 Å². The molecular formula is C10H15ClO2Si. The molecule has 0 radical (unpaired) electrons. The van der Waals surface area contributed by atoms with E-state index in [1.165, 1.54) is 0 Å². The third-order valence-electron chi connectivity index (χ3n) is 1.97. The SMILES string of the molecule is C[Si](C)(C)c1ccccc1C(=O)O.Cl. The fourth-order valence-electron chi connectivity index (χ4n) is 1.32. The molecule has 1 aromatic carbocycles. The standard InChI is InChI=1S/C10H14O2Si.ClH/c1-13(2,3)9-7-5-4-6-8(9)10(11)12;/h4-7H,1-3H3,(H,11,12);1H. The first kappa shape index (κ1) is 13.2. The minimum Gasteiger partial charge on any atom is -0.478 e. The van der Waals surface area contributed by atoms with E-state index in [9.17, 15) is 4.79 Å². The Balaban J connectivity index is 0.00000169. The predicted molar refractivity (Wildman–Crippen MR) is 63.6 cm³/mol. The highest BCUT2D eigenvalue weighted by Gasteiger charge is 2.22. The lowest BCUT2D eigenvalue weighted by atomic mass is 10.2. The quantitative estimate of drug-likeness (QED) is 0.792. The summed E-state index contributed by atoms with van der Waals surface area (Å²) < 4.78 is 0. The molecule has 0 amide bonds. The summed E-state index contributed by atoms with van der Waals surface area (Å²) in [5.41, 5.74) is 0.460. The largest absolute Gasteiger partial charge is 0.478 e. The normalized spacial score (nSPS) is 10.5. The van der Waals surface area contributed by atoms with Crippen LogP contribution in [0.25, 0.3) is 0 Å². The fourth-order valence-corrected chi connectivity index (χ4v) is 2.92. The van der Waals surface area contributed by atoms with Crippen LogP contribution < -0.4 is 5.19 Å². The zero-order valence-corrected chi connectivity index (χ0v) is 10.4. The minimum absolute atomic E-state index is 0. The van der Waals surface area contributed by atoms with Gasteiger partial charge in [0.2, 0.25) is 0 Å². The van der Waals surface area contributed by atoms with Gasteiger partial charge >= 0.3 is 5.97 Å². The summed E-state index contributed by atoms with van der Waals surface area (Å²) in [5, 5.41) is 9.97. The molecule has 0 saturated heterocycles. The Morgan fingerprint density at radius 2 is 1.71 bits per heavy atom. The third kappa shape index (κ3) is 2.85. The van der Waals surface area contributed by atoms with E-state index in [-0.39, 0.29) is 12.4 Å². The fraction of sp³-hybridized carbons (Fsp3) is 0.300. The zero-order valence-electron chi connectivity index (χ0n) is 8.57. The van der Waals surface area contributed by atoms with Crippen LogP contribution in [0.4, 0.5) is 0 Å². The van der Waals surface area contributed by atoms with Gasteiger partial charge < -0.3 is 5.11 Å². The lowest BCUT2D eigenvalue weighted by molar-refractivity contribution is 0.0698. The molecular weight excluding hydrogens is 216 g/mol. The average Bonchev–Trinajstić information content (AvgIpc) is 2.03. The lowest BCUT2D eigenvalue weighted by Gasteiger charge is -2.18. The van der Waals surface area contributed by atoms with Crippen molar-refractivity contribution in [2.45, 2.75) is 19.6 Å². The van der Waals surface area contributed by atoms with Crippen molar-refractivity contribution in [2.75, 3.05) is 0 Å². The first-order chi connectivity index (χ1) is 5.93. The molecule has 78 valence electrons. The van der Waals surface area contributed by atoms with Gasteiger partial charge in [0.25, 0.3) is 0 Å². The molecule has 0 atom stereocenters. The number of rotatable bonds is 2. The predicted octanol–water partition coefficient (Wildman–Crippen LogP) is 2.35. The summed E-state index contributed by atoms with van der Waals surface area (Å²) in [4.78, 5) is 10.9. The van der Waals surface area contributed by atoms with Crippen molar-refractivity contribution >= 4 is 31.6 Å². The number of aromatic carboxylic acids is 1. The highest BCUT2D eigenvalue weighted by atomic mass is 35.5. The second-order valence-electron chi connectivity index (χ2n) is 4.10. The molecule has 1 aromatic rings. The van der Waals surface area contributed by atoms with Gasteiger partial charge in [-0.05, 0) is 11.3 Å². The Kier molecular flexibility index (Phi) is 4.35. The van der Waals surface area contributed by atoms with E-state index in [1.807, 2.05) is 12.1 Å². The van der Waals surface area contributed by atoms with Gasteiger partial charge in [-0.1, -0.05) is 37.8 Å². The van der Waals surface area contributed by atoms with Gasteiger partial charge in [-0.15, -0.1) is 12.4 Å². The maximum absolute atomic E-state index is 10.9. The molecule has 0 aliphatic heterocycles. The van der Waals surface area contributed by atoms with E-state index < -0.39 is 14.0 Å². The maximum Gasteiger partial charge on any atom is 0.335 e. The summed E-state index contributed by atoms with van der Waals surface area (Å²) in [6.45, 7) is 6.44. The summed E-state index contributed by atoms with van der Waals surface area (Å²) in [6.07, 6.45) is 0. The van der Waals surface area contributed by atoms with Crippen LogP contribution in [0.1, 0.15) is 10.4 Å². The Labute approximate surface area is 91.4 Å². The van der Waals surface area contributed by atoms with Crippen LogP contribution in [0.5, 0.6) is 0 Å². The molecule has 2 nitrogen and oxygen atoms in total. The minimum atomic E-state index is -1.52. The Morgan fingerprint density at radius 3 is 2.07 bits per heavy atom. The van der Waals surface area contributed by atoms with Gasteiger partial charge in [0.05, 0.1) is 13.6 Å². The molecule has 0 bridgehead atoms. The van der Waals surface area contributed by atoms with Crippen molar-refractivity contribution in [3.63, 3.8) is 0 Å². The van der Waals surface area contributed by atoms with Crippen LogP contribution in [0.2, 0.25) is 19.6 Å². The number of carboxylic acid groups (broad SMARTS) is 1. The highest BCUT2D eigenvalue weighted by Crippen LogP contribution is 2.06. The molecule has 0 saturated carbocycles. The third-order valence-corrected chi connectivity index (χ3v) is 4.02. The Morgan fingerprint density at radius 1 is 1.21 bits per heavy atom. The van der Waals surface area contributed by atoms with Crippen molar-refractivity contribution < 1.29 is 9.90 Å². The van der Waals surface area contributed by atoms with Crippen molar-refractivity contribution in [1.29, 1.82) is 0 Å². The van der Waals surface area contributed by atoms with Crippen molar-refractivity contribution in [2.24, 2.45) is 0 Å². The lowest BCUT2D eigenvalue weighted by Crippen LogP contribution is -2.41. The van der Waals surface area contributed by atoms with Crippen LogP contribution in [0, 0.1) is 0 Å². The molecule has 0 aliphatic carbocycles. The van der Waals surface area contributed by atoms with Crippen LogP contribution in [0.15, 0.2) is 24.3 Å². The van der Waals surface area contributed by atoms with Crippen LogP contribution in [-0.4, -0.2) is 19.1 Å². The van der Waals surface area contributed by atoms with Crippen molar-refractivity contribution in [3.05, 3.63) is 29.8 Å². The van der Waals surface area contributed by atoms with Gasteiger partial charge in [0.15, 0.2) is 0 Å². The molecule has 0 spiro atoms. The van der Waals surface area contributed by atoms with Gasteiger partial charge in [0, 0.05) is 0 Å². The van der Waals surface area contributed by atoms with Gasteiger partial charge in [-0.25, -0.2) is 4.79 Å². The average molecular weight is 231 g/mol. The van der Waals surface area contributed by atoms with Gasteiger partial charge in [-0.3, -0.25) is 0 Å². The Hall–Kier alpha value is -0.803. The molecule has 0 unspecified atom stereocenters. The second-order valence-corrected chi connectivity index (χ2v) is 9.14. The van der Waals surface area contributed by atoms with E-state index in [4.69, 9.17) is 5.11 Å². The topological polar surface area (TPSA) is 37.3 Å². The summed E-state index contributed by atoms with van der Waals surface area (Å²) >= 11 is 0. The maximum atomic E-state index is 10.9. The van der Waals surface area contributed by atoms with E-state index in [0.717, 1.165) is 5.19 Å². The van der Waals surface area contributed by atoms with E-state index in [2.05, 4.69) is 19.6 Å². The molecule has 0 aromatic heterocycles. The summed E-state index contributed by atoms with van der Waals surface area (Å²) in [7, 11) is -1.52. The number of halogens is 1. The number of hydrogen-bond donors (Lipinski definition) is 1. The molecule has 0 aliphatic rings. The van der Waals surface area contributed by atoms with Crippen molar-refractivity contribution in [3.8, 4) is 0 Å². The van der Waals surface area contributed by atoms with E-state index in [1.54, 1.807) is 12.1 Å². The molecule has 1 rings (SSSR count). The smallest absolute Gasteiger partial charge is 0.335 e. The monoisotopic (exact) mass is 230 g/mol. The zero-order chi connectivity index (χ0) is 10.1. The highest BCUT2D eigenvalue weighted by molar-refractivity contribution is 6.89. The number of carboxylic acids is 1. The van der Waals surface area contributed by atoms with E-state index >= 15 is 0 Å². The summed E-state index contributed by atoms with van der Waals surface area (Å²) in [6, 6.07) is 7.28. The first-order valence-corrected chi connectivity index (χ1v) is 7.76. The molecule has 0 fully saturated rings. The van der Waals surface area contributed by atoms with Crippen LogP contribution in [0.3, 0.4) is 0 Å². The number of carbonyl (C=O) groups is 1. The number of benzene rings is 1. The van der Waals surface area contributed by atoms with Gasteiger partial charge in [-0.2, -0.15) is 0 Å². The Bertz CT molecular complexity index is 331. The molecule has 4 heteroatoms. The number of hydrogen-bond acceptors (Lipinski definition) is 1. The van der Waals surface area contributed by atoms with Crippen molar-refractivity contribution in [1.82, 2.24) is 0 Å². The first-order valence-electron chi connectivity index (χ1n) is 4.26. The van der Waals surface area contributed by atoms with E-state index in [0.29, 0.717) is 5.56 Å². The van der Waals surface area contributed by atoms with Crippen LogP contribution in [-0.2, 0) is 0 Å².